The summed E-state index contributed by atoms with van der Waals surface area (Å²) >= 11 is 0. The van der Waals surface area contributed by atoms with Crippen LogP contribution in [0.15, 0.2) is 28.8 Å². The average molecular weight is 241 g/mol. The number of nitrogens with zero attached hydrogens (tertiary/aromatic N) is 2. The molecule has 1 aromatic heterocycles. The molecule has 4 heteroatoms. The zero-order valence-corrected chi connectivity index (χ0v) is 10.3. The first-order chi connectivity index (χ1) is 8.78. The quantitative estimate of drug-likeness (QED) is 0.639. The molecule has 2 rings (SSSR count). The van der Waals surface area contributed by atoms with Crippen molar-refractivity contribution in [3.05, 3.63) is 47.1 Å². The molecule has 0 unspecified atom stereocenters. The van der Waals surface area contributed by atoms with Crippen LogP contribution in [0.25, 0.3) is 0 Å². The van der Waals surface area contributed by atoms with Crippen LogP contribution in [0.2, 0.25) is 0 Å². The first-order valence-corrected chi connectivity index (χ1v) is 5.79. The molecule has 2 aromatic rings. The highest BCUT2D eigenvalue weighted by atomic mass is 16.5. The van der Waals surface area contributed by atoms with Gasteiger partial charge in [-0.1, -0.05) is 40.9 Å². The van der Waals surface area contributed by atoms with Crippen LogP contribution in [0, 0.1) is 19.3 Å². The zero-order chi connectivity index (χ0) is 12.8. The van der Waals surface area contributed by atoms with E-state index < -0.39 is 0 Å². The number of aryl methyl sites for hydroxylation is 1. The summed E-state index contributed by atoms with van der Waals surface area (Å²) in [5.41, 5.74) is 2.41. The summed E-state index contributed by atoms with van der Waals surface area (Å²) in [6.45, 7) is 3.06. The van der Waals surface area contributed by atoms with E-state index in [1.165, 1.54) is 11.1 Å². The lowest BCUT2D eigenvalue weighted by molar-refractivity contribution is 0.366. The molecule has 0 radical (unpaired) electrons. The van der Waals surface area contributed by atoms with E-state index in [1.807, 2.05) is 0 Å². The molecule has 1 aromatic carbocycles. The van der Waals surface area contributed by atoms with Gasteiger partial charge >= 0.3 is 0 Å². The number of terminal acetylenes is 1. The molecule has 0 atom stereocenters. The monoisotopic (exact) mass is 241 g/mol. The van der Waals surface area contributed by atoms with Crippen molar-refractivity contribution in [2.45, 2.75) is 19.9 Å². The van der Waals surface area contributed by atoms with Crippen LogP contribution >= 0.6 is 0 Å². The molecule has 18 heavy (non-hydrogen) atoms. The number of rotatable bonds is 5. The van der Waals surface area contributed by atoms with Crippen LogP contribution in [0.4, 0.5) is 0 Å². The summed E-state index contributed by atoms with van der Waals surface area (Å²) in [6, 6.07) is 8.29. The van der Waals surface area contributed by atoms with Gasteiger partial charge in [0, 0.05) is 6.42 Å². The number of aromatic nitrogens is 2. The fourth-order valence-electron chi connectivity index (χ4n) is 1.56. The van der Waals surface area contributed by atoms with Gasteiger partial charge in [0.2, 0.25) is 5.89 Å². The van der Waals surface area contributed by atoms with Crippen molar-refractivity contribution in [1.82, 2.24) is 15.5 Å². The number of benzene rings is 1. The van der Waals surface area contributed by atoms with Crippen LogP contribution in [0.3, 0.4) is 0 Å². The number of nitrogens with one attached hydrogen (secondary N) is 1. The summed E-state index contributed by atoms with van der Waals surface area (Å²) in [6.07, 6.45) is 5.81. The molecule has 0 fully saturated rings. The van der Waals surface area contributed by atoms with Gasteiger partial charge in [-0.05, 0) is 12.5 Å². The van der Waals surface area contributed by atoms with Gasteiger partial charge in [0.15, 0.2) is 5.82 Å². The minimum absolute atomic E-state index is 0.496. The second kappa shape index (κ2) is 5.99. The Bertz CT molecular complexity index is 537. The van der Waals surface area contributed by atoms with Crippen LogP contribution < -0.4 is 5.32 Å². The second-order valence-corrected chi connectivity index (χ2v) is 4.07. The first-order valence-electron chi connectivity index (χ1n) is 5.79. The molecule has 0 bridgehead atoms. The maximum Gasteiger partial charge on any atom is 0.240 e. The topological polar surface area (TPSA) is 51.0 Å². The number of hydrogen-bond donors (Lipinski definition) is 1. The first kappa shape index (κ1) is 12.3. The lowest BCUT2D eigenvalue weighted by Crippen LogP contribution is -2.13. The maximum atomic E-state index is 5.13. The van der Waals surface area contributed by atoms with Gasteiger partial charge in [0.05, 0.1) is 13.1 Å². The molecule has 0 spiro atoms. The Morgan fingerprint density at radius 1 is 1.33 bits per heavy atom. The molecule has 0 amide bonds. The van der Waals surface area contributed by atoms with E-state index in [0.717, 1.165) is 0 Å². The minimum Gasteiger partial charge on any atom is -0.338 e. The third-order valence-electron chi connectivity index (χ3n) is 2.50. The largest absolute Gasteiger partial charge is 0.338 e. The van der Waals surface area contributed by atoms with Crippen molar-refractivity contribution in [1.29, 1.82) is 0 Å². The second-order valence-electron chi connectivity index (χ2n) is 4.07. The Morgan fingerprint density at radius 3 is 2.83 bits per heavy atom. The molecule has 0 aliphatic heterocycles. The molecular weight excluding hydrogens is 226 g/mol. The summed E-state index contributed by atoms with van der Waals surface area (Å²) in [4.78, 5) is 4.29. The summed E-state index contributed by atoms with van der Waals surface area (Å²) in [5.74, 6) is 3.74. The van der Waals surface area contributed by atoms with E-state index in [-0.39, 0.29) is 0 Å². The highest BCUT2D eigenvalue weighted by molar-refractivity contribution is 5.23. The molecule has 0 aliphatic carbocycles. The van der Waals surface area contributed by atoms with Gasteiger partial charge in [0.25, 0.3) is 0 Å². The Kier molecular flexibility index (Phi) is 4.11. The fraction of sp³-hybridized carbons (Fsp3) is 0.286. The third-order valence-corrected chi connectivity index (χ3v) is 2.50. The van der Waals surface area contributed by atoms with E-state index in [9.17, 15) is 0 Å². The molecule has 1 heterocycles. The van der Waals surface area contributed by atoms with Crippen molar-refractivity contribution < 1.29 is 4.52 Å². The third kappa shape index (κ3) is 3.44. The van der Waals surface area contributed by atoms with Gasteiger partial charge in [-0.3, -0.25) is 5.32 Å². The lowest BCUT2D eigenvalue weighted by Gasteiger charge is -1.97. The molecule has 4 nitrogen and oxygen atoms in total. The predicted molar refractivity (Wildman–Crippen MR) is 68.8 cm³/mol. The van der Waals surface area contributed by atoms with Crippen molar-refractivity contribution in [3.63, 3.8) is 0 Å². The van der Waals surface area contributed by atoms with Crippen LogP contribution in [0.1, 0.15) is 22.8 Å². The van der Waals surface area contributed by atoms with Crippen molar-refractivity contribution in [2.24, 2.45) is 0 Å². The Labute approximate surface area is 106 Å². The molecule has 0 saturated carbocycles. The Morgan fingerprint density at radius 2 is 2.11 bits per heavy atom. The minimum atomic E-state index is 0.496. The van der Waals surface area contributed by atoms with Crippen molar-refractivity contribution >= 4 is 0 Å². The zero-order valence-electron chi connectivity index (χ0n) is 10.3. The molecule has 0 aliphatic rings. The van der Waals surface area contributed by atoms with Crippen LogP contribution in [-0.4, -0.2) is 16.7 Å². The Hall–Kier alpha value is -2.12. The van der Waals surface area contributed by atoms with Gasteiger partial charge < -0.3 is 4.52 Å². The lowest BCUT2D eigenvalue weighted by atomic mass is 10.1. The standard InChI is InChI=1S/C14H15N3O/c1-3-8-15-10-14-16-13(17-18-14)9-12-6-4-11(2)5-7-12/h1,4-7,15H,8-10H2,2H3. The molecule has 92 valence electrons. The Balaban J connectivity index is 1.94. The highest BCUT2D eigenvalue weighted by Gasteiger charge is 2.06. The van der Waals surface area contributed by atoms with Crippen LogP contribution in [0.5, 0.6) is 0 Å². The SMILES string of the molecule is C#CCNCc1nc(Cc2ccc(C)cc2)no1. The molecule has 1 N–H and O–H groups in total. The fourth-order valence-corrected chi connectivity index (χ4v) is 1.56. The molecular formula is C14H15N3O. The van der Waals surface area contributed by atoms with Crippen molar-refractivity contribution in [2.75, 3.05) is 6.54 Å². The maximum absolute atomic E-state index is 5.13. The summed E-state index contributed by atoms with van der Waals surface area (Å²) in [5, 5.41) is 6.94. The predicted octanol–water partition coefficient (Wildman–Crippen LogP) is 1.69. The van der Waals surface area contributed by atoms with E-state index in [4.69, 9.17) is 10.9 Å². The average Bonchev–Trinajstić information content (AvgIpc) is 2.80. The number of hydrogen-bond acceptors (Lipinski definition) is 4. The summed E-state index contributed by atoms with van der Waals surface area (Å²) in [7, 11) is 0. The van der Waals surface area contributed by atoms with E-state index >= 15 is 0 Å². The van der Waals surface area contributed by atoms with E-state index in [2.05, 4.69) is 52.6 Å². The van der Waals surface area contributed by atoms with Gasteiger partial charge in [0.1, 0.15) is 0 Å². The van der Waals surface area contributed by atoms with Gasteiger partial charge in [-0.25, -0.2) is 0 Å². The van der Waals surface area contributed by atoms with Crippen LogP contribution in [-0.2, 0) is 13.0 Å². The smallest absolute Gasteiger partial charge is 0.240 e. The summed E-state index contributed by atoms with van der Waals surface area (Å²) < 4.78 is 5.11. The van der Waals surface area contributed by atoms with E-state index in [0.29, 0.717) is 31.2 Å². The highest BCUT2D eigenvalue weighted by Crippen LogP contribution is 2.08. The van der Waals surface area contributed by atoms with Gasteiger partial charge in [-0.15, -0.1) is 6.42 Å². The van der Waals surface area contributed by atoms with Gasteiger partial charge in [-0.2, -0.15) is 4.98 Å². The molecule has 0 saturated heterocycles. The van der Waals surface area contributed by atoms with E-state index in [1.54, 1.807) is 0 Å². The normalized spacial score (nSPS) is 10.2. The van der Waals surface area contributed by atoms with Crippen molar-refractivity contribution in [3.8, 4) is 12.3 Å².